The Morgan fingerprint density at radius 3 is 2.72 bits per heavy atom. The Morgan fingerprint density at radius 2 is 2.17 bits per heavy atom. The average Bonchev–Trinajstić information content (AvgIpc) is 2.90. The highest BCUT2D eigenvalue weighted by atomic mass is 19.1. The number of hydrogen-bond acceptors (Lipinski definition) is 2. The smallest absolute Gasteiger partial charge is 0.132 e. The molecule has 0 amide bonds. The van der Waals surface area contributed by atoms with E-state index in [1.165, 1.54) is 25.3 Å². The molecule has 2 saturated carbocycles. The average molecular weight is 250 g/mol. The summed E-state index contributed by atoms with van der Waals surface area (Å²) in [6.07, 6.45) is 4.47. The molecule has 1 aromatic rings. The van der Waals surface area contributed by atoms with Crippen LogP contribution in [-0.4, -0.2) is 11.2 Å². The zero-order chi connectivity index (χ0) is 12.7. The molecule has 0 aliphatic heterocycles. The molecule has 2 aliphatic carbocycles. The molecule has 2 fully saturated rings. The van der Waals surface area contributed by atoms with Crippen molar-refractivity contribution in [1.82, 2.24) is 0 Å². The van der Waals surface area contributed by atoms with Gasteiger partial charge in [-0.15, -0.1) is 0 Å². The Bertz CT molecular complexity index is 444. The summed E-state index contributed by atoms with van der Waals surface area (Å²) in [6.45, 7) is 1.56. The molecule has 4 atom stereocenters. The van der Waals surface area contributed by atoms with Gasteiger partial charge in [0.1, 0.15) is 17.7 Å². The maximum Gasteiger partial charge on any atom is 0.132 e. The lowest BCUT2D eigenvalue weighted by molar-refractivity contribution is 0.137. The maximum absolute atomic E-state index is 13.7. The molecule has 2 nitrogen and oxygen atoms in total. The van der Waals surface area contributed by atoms with Crippen molar-refractivity contribution < 1.29 is 14.2 Å². The summed E-state index contributed by atoms with van der Waals surface area (Å²) in [5, 5.41) is 9.38. The van der Waals surface area contributed by atoms with E-state index in [2.05, 4.69) is 0 Å². The minimum atomic E-state index is -0.776. The van der Waals surface area contributed by atoms with Crippen LogP contribution in [0.2, 0.25) is 0 Å². The van der Waals surface area contributed by atoms with Gasteiger partial charge in [0, 0.05) is 11.6 Å². The van der Waals surface area contributed by atoms with Crippen LogP contribution in [0.4, 0.5) is 4.39 Å². The minimum Gasteiger partial charge on any atom is -0.490 e. The van der Waals surface area contributed by atoms with Crippen LogP contribution >= 0.6 is 0 Å². The van der Waals surface area contributed by atoms with Gasteiger partial charge in [0.2, 0.25) is 0 Å². The zero-order valence-corrected chi connectivity index (χ0v) is 10.6. The molecular formula is C15H19FO2. The number of halogens is 1. The van der Waals surface area contributed by atoms with Crippen molar-refractivity contribution in [3.05, 3.63) is 29.6 Å². The summed E-state index contributed by atoms with van der Waals surface area (Å²) >= 11 is 0. The summed E-state index contributed by atoms with van der Waals surface area (Å²) in [4.78, 5) is 0. The molecule has 1 N–H and O–H groups in total. The van der Waals surface area contributed by atoms with Gasteiger partial charge in [0.05, 0.1) is 6.10 Å². The van der Waals surface area contributed by atoms with Gasteiger partial charge in [0.25, 0.3) is 0 Å². The zero-order valence-electron chi connectivity index (χ0n) is 10.6. The second kappa shape index (κ2) is 4.54. The van der Waals surface area contributed by atoms with E-state index in [0.717, 1.165) is 12.3 Å². The number of hydrogen-bond donors (Lipinski definition) is 1. The van der Waals surface area contributed by atoms with Gasteiger partial charge in [-0.05, 0) is 56.6 Å². The van der Waals surface area contributed by atoms with E-state index in [-0.39, 0.29) is 11.9 Å². The summed E-state index contributed by atoms with van der Waals surface area (Å²) in [7, 11) is 0. The minimum absolute atomic E-state index is 0.264. The number of benzene rings is 1. The largest absolute Gasteiger partial charge is 0.490 e. The van der Waals surface area contributed by atoms with Crippen molar-refractivity contribution in [3.8, 4) is 5.75 Å². The van der Waals surface area contributed by atoms with E-state index in [1.54, 1.807) is 19.1 Å². The highest BCUT2D eigenvalue weighted by Gasteiger charge is 2.40. The molecule has 0 heterocycles. The van der Waals surface area contributed by atoms with Crippen LogP contribution in [0, 0.1) is 17.7 Å². The molecule has 2 bridgehead atoms. The first-order valence-corrected chi connectivity index (χ1v) is 6.77. The molecule has 0 saturated heterocycles. The van der Waals surface area contributed by atoms with Gasteiger partial charge >= 0.3 is 0 Å². The predicted octanol–water partition coefficient (Wildman–Crippen LogP) is 3.45. The monoisotopic (exact) mass is 250 g/mol. The highest BCUT2D eigenvalue weighted by Crippen LogP contribution is 2.46. The summed E-state index contributed by atoms with van der Waals surface area (Å²) in [6, 6.07) is 4.77. The van der Waals surface area contributed by atoms with E-state index < -0.39 is 6.10 Å². The fourth-order valence-electron chi connectivity index (χ4n) is 3.43. The third-order valence-corrected chi connectivity index (χ3v) is 4.38. The van der Waals surface area contributed by atoms with Gasteiger partial charge < -0.3 is 9.84 Å². The molecule has 3 rings (SSSR count). The normalized spacial score (nSPS) is 31.6. The van der Waals surface area contributed by atoms with Gasteiger partial charge in [-0.25, -0.2) is 4.39 Å². The van der Waals surface area contributed by atoms with E-state index >= 15 is 0 Å². The van der Waals surface area contributed by atoms with Crippen molar-refractivity contribution in [2.24, 2.45) is 11.8 Å². The Morgan fingerprint density at radius 1 is 1.33 bits per heavy atom. The summed E-state index contributed by atoms with van der Waals surface area (Å²) in [5.41, 5.74) is 0.329. The lowest BCUT2D eigenvalue weighted by Gasteiger charge is -2.23. The molecule has 1 aromatic carbocycles. The van der Waals surface area contributed by atoms with Crippen LogP contribution in [-0.2, 0) is 0 Å². The van der Waals surface area contributed by atoms with Gasteiger partial charge in [-0.3, -0.25) is 0 Å². The molecule has 0 radical (unpaired) electrons. The quantitative estimate of drug-likeness (QED) is 0.890. The van der Waals surface area contributed by atoms with Crippen molar-refractivity contribution in [3.63, 3.8) is 0 Å². The molecule has 0 spiro atoms. The van der Waals surface area contributed by atoms with Gasteiger partial charge in [-0.2, -0.15) is 0 Å². The molecule has 18 heavy (non-hydrogen) atoms. The third-order valence-electron chi connectivity index (χ3n) is 4.38. The van der Waals surface area contributed by atoms with Crippen molar-refractivity contribution in [2.75, 3.05) is 0 Å². The molecule has 3 unspecified atom stereocenters. The number of aliphatic hydroxyl groups is 1. The second-order valence-electron chi connectivity index (χ2n) is 5.69. The van der Waals surface area contributed by atoms with Crippen molar-refractivity contribution >= 4 is 0 Å². The molecule has 3 heteroatoms. The molecular weight excluding hydrogens is 231 g/mol. The van der Waals surface area contributed by atoms with Gasteiger partial charge in [-0.1, -0.05) is 0 Å². The second-order valence-corrected chi connectivity index (χ2v) is 5.69. The molecule has 2 aliphatic rings. The van der Waals surface area contributed by atoms with Crippen LogP contribution in [0.3, 0.4) is 0 Å². The predicted molar refractivity (Wildman–Crippen MR) is 66.9 cm³/mol. The fraction of sp³-hybridized carbons (Fsp3) is 0.600. The van der Waals surface area contributed by atoms with Crippen LogP contribution in [0.25, 0.3) is 0 Å². The fourth-order valence-corrected chi connectivity index (χ4v) is 3.43. The van der Waals surface area contributed by atoms with E-state index in [4.69, 9.17) is 4.74 Å². The number of fused-ring (bicyclic) bond motifs is 2. The Balaban J connectivity index is 1.72. The Hall–Kier alpha value is -1.09. The SMILES string of the molecule is C[C@@H](O)c1ccc(OC2CC3CCC2C3)cc1F. The lowest BCUT2D eigenvalue weighted by atomic mass is 9.98. The molecule has 98 valence electrons. The first-order valence-electron chi connectivity index (χ1n) is 6.77. The first-order chi connectivity index (χ1) is 8.63. The third kappa shape index (κ3) is 2.12. The number of rotatable bonds is 3. The summed E-state index contributed by atoms with van der Waals surface area (Å²) < 4.78 is 19.6. The van der Waals surface area contributed by atoms with Crippen LogP contribution < -0.4 is 4.74 Å². The van der Waals surface area contributed by atoms with Crippen LogP contribution in [0.5, 0.6) is 5.75 Å². The van der Waals surface area contributed by atoms with Crippen molar-refractivity contribution in [2.45, 2.75) is 44.8 Å². The number of aliphatic hydroxyl groups excluding tert-OH is 1. The standard InChI is InChI=1S/C15H19FO2/c1-9(17)13-5-4-12(8-14(13)16)18-15-7-10-2-3-11(15)6-10/h4-5,8-11,15,17H,2-3,6-7H2,1H3/t9-,10?,11?,15?/m1/s1. The van der Waals surface area contributed by atoms with E-state index in [1.807, 2.05) is 0 Å². The Kier molecular flexibility index (Phi) is 3.02. The molecule has 0 aromatic heterocycles. The maximum atomic E-state index is 13.7. The first kappa shape index (κ1) is 12.0. The lowest BCUT2D eigenvalue weighted by Crippen LogP contribution is -2.23. The van der Waals surface area contributed by atoms with Crippen LogP contribution in [0.1, 0.15) is 44.3 Å². The Labute approximate surface area is 107 Å². The van der Waals surface area contributed by atoms with E-state index in [9.17, 15) is 9.50 Å². The summed E-state index contributed by atoms with van der Waals surface area (Å²) in [5.74, 6) is 1.69. The van der Waals surface area contributed by atoms with E-state index in [0.29, 0.717) is 17.2 Å². The van der Waals surface area contributed by atoms with Gasteiger partial charge in [0.15, 0.2) is 0 Å². The van der Waals surface area contributed by atoms with Crippen LogP contribution in [0.15, 0.2) is 18.2 Å². The van der Waals surface area contributed by atoms with Crippen molar-refractivity contribution in [1.29, 1.82) is 0 Å². The number of ether oxygens (including phenoxy) is 1. The topological polar surface area (TPSA) is 29.5 Å². The highest BCUT2D eigenvalue weighted by molar-refractivity contribution is 5.30.